The van der Waals surface area contributed by atoms with E-state index in [9.17, 15) is 19.5 Å². The molecule has 2 aromatic carbocycles. The van der Waals surface area contributed by atoms with E-state index < -0.39 is 11.6 Å². The molecule has 0 radical (unpaired) electrons. The van der Waals surface area contributed by atoms with Gasteiger partial charge >= 0.3 is 6.03 Å². The second-order valence-corrected chi connectivity index (χ2v) is 10.8. The van der Waals surface area contributed by atoms with Crippen molar-refractivity contribution in [3.63, 3.8) is 0 Å². The summed E-state index contributed by atoms with van der Waals surface area (Å²) in [6.45, 7) is 6.65. The van der Waals surface area contributed by atoms with E-state index >= 15 is 0 Å². The van der Waals surface area contributed by atoms with Crippen LogP contribution in [0, 0.1) is 0 Å². The van der Waals surface area contributed by atoms with Crippen LogP contribution in [0.15, 0.2) is 71.8 Å². The maximum Gasteiger partial charge on any atom is 0.323 e. The maximum absolute atomic E-state index is 13.0. The monoisotopic (exact) mass is 631 g/mol. The van der Waals surface area contributed by atoms with Crippen LogP contribution in [0.2, 0.25) is 5.02 Å². The van der Waals surface area contributed by atoms with Gasteiger partial charge in [-0.15, -0.1) is 0 Å². The fourth-order valence-corrected chi connectivity index (χ4v) is 5.15. The number of morpholine rings is 1. The smallest absolute Gasteiger partial charge is 0.323 e. The zero-order valence-corrected chi connectivity index (χ0v) is 25.5. The van der Waals surface area contributed by atoms with Crippen molar-refractivity contribution in [2.24, 2.45) is 0 Å². The Kier molecular flexibility index (Phi) is 10.4. The minimum Gasteiger partial charge on any atom is -0.504 e. The Morgan fingerprint density at radius 2 is 1.73 bits per heavy atom. The summed E-state index contributed by atoms with van der Waals surface area (Å²) in [6.07, 6.45) is 2.68. The number of benzene rings is 2. The minimum absolute atomic E-state index is 0.00366. The van der Waals surface area contributed by atoms with Gasteiger partial charge in [-0.25, -0.2) is 9.48 Å². The van der Waals surface area contributed by atoms with Crippen molar-refractivity contribution in [2.45, 2.75) is 19.9 Å². The standard InChI is InChI=1S/C32H34ClN7O5/c1-2-40-31(43)27(36-32(44)37-30-25(33)19-34-20-28(30)41)18-26(38-40)24-8-4-7-23(17-24)22-6-3-5-21(15-22)16-29(42)35-9-10-39-11-13-45-14-12-39/h3-8,15,17-20,41H,2,9-14,16H2,1H3,(H,35,42)(H2,34,36,37,44). The summed E-state index contributed by atoms with van der Waals surface area (Å²) in [5.74, 6) is -0.352. The molecule has 0 saturated carbocycles. The first-order chi connectivity index (χ1) is 21.8. The first kappa shape index (κ1) is 31.6. The molecule has 1 fully saturated rings. The van der Waals surface area contributed by atoms with Gasteiger partial charge in [0.2, 0.25) is 5.91 Å². The molecule has 13 heteroatoms. The van der Waals surface area contributed by atoms with Crippen molar-refractivity contribution in [3.8, 4) is 28.1 Å². The Labute approximate surface area is 265 Å². The first-order valence-corrected chi connectivity index (χ1v) is 15.0. The Balaban J connectivity index is 1.30. The number of nitrogens with zero attached hydrogens (tertiary/aromatic N) is 4. The summed E-state index contributed by atoms with van der Waals surface area (Å²) in [5, 5.41) is 22.5. The molecule has 4 aromatic rings. The number of anilines is 2. The van der Waals surface area contributed by atoms with Gasteiger partial charge in [-0.2, -0.15) is 5.10 Å². The number of hydrogen-bond acceptors (Lipinski definition) is 8. The van der Waals surface area contributed by atoms with Crippen LogP contribution in [0.3, 0.4) is 0 Å². The van der Waals surface area contributed by atoms with Gasteiger partial charge in [-0.3, -0.25) is 19.5 Å². The lowest BCUT2D eigenvalue weighted by Gasteiger charge is -2.26. The molecule has 5 rings (SSSR count). The summed E-state index contributed by atoms with van der Waals surface area (Å²) in [6, 6.07) is 16.2. The van der Waals surface area contributed by atoms with Gasteiger partial charge in [0, 0.05) is 44.5 Å². The third kappa shape index (κ3) is 8.24. The van der Waals surface area contributed by atoms with Gasteiger partial charge in [0.05, 0.1) is 36.5 Å². The Bertz CT molecular complexity index is 1720. The molecular formula is C32H34ClN7O5. The summed E-state index contributed by atoms with van der Waals surface area (Å²) in [5.41, 5.74) is 3.36. The zero-order chi connectivity index (χ0) is 31.8. The zero-order valence-electron chi connectivity index (χ0n) is 24.8. The Morgan fingerprint density at radius 1 is 1.00 bits per heavy atom. The second kappa shape index (κ2) is 14.8. The van der Waals surface area contributed by atoms with Crippen molar-refractivity contribution in [2.75, 3.05) is 50.0 Å². The van der Waals surface area contributed by atoms with Crippen LogP contribution in [-0.2, 0) is 22.5 Å². The predicted molar refractivity (Wildman–Crippen MR) is 173 cm³/mol. The van der Waals surface area contributed by atoms with E-state index in [4.69, 9.17) is 16.3 Å². The number of aromatic hydroxyl groups is 1. The molecule has 0 bridgehead atoms. The molecule has 3 heterocycles. The lowest BCUT2D eigenvalue weighted by atomic mass is 9.99. The number of halogens is 1. The molecule has 45 heavy (non-hydrogen) atoms. The van der Waals surface area contributed by atoms with E-state index in [-0.39, 0.29) is 41.0 Å². The predicted octanol–water partition coefficient (Wildman–Crippen LogP) is 3.99. The van der Waals surface area contributed by atoms with E-state index in [1.165, 1.54) is 16.9 Å². The number of nitrogens with one attached hydrogen (secondary N) is 3. The molecule has 234 valence electrons. The van der Waals surface area contributed by atoms with Crippen LogP contribution >= 0.6 is 11.6 Å². The van der Waals surface area contributed by atoms with Gasteiger partial charge in [0.25, 0.3) is 5.56 Å². The largest absolute Gasteiger partial charge is 0.504 e. The van der Waals surface area contributed by atoms with Gasteiger partial charge in [0.1, 0.15) is 11.4 Å². The normalized spacial score (nSPS) is 13.3. The first-order valence-electron chi connectivity index (χ1n) is 14.6. The van der Waals surface area contributed by atoms with Crippen LogP contribution in [0.4, 0.5) is 16.2 Å². The molecule has 12 nitrogen and oxygen atoms in total. The van der Waals surface area contributed by atoms with Crippen LogP contribution in [0.5, 0.6) is 5.75 Å². The number of aryl methyl sites for hydroxylation is 1. The average molecular weight is 632 g/mol. The number of hydrogen-bond donors (Lipinski definition) is 4. The number of carbonyl (C=O) groups excluding carboxylic acids is 2. The lowest BCUT2D eigenvalue weighted by molar-refractivity contribution is -0.120. The van der Waals surface area contributed by atoms with Crippen molar-refractivity contribution in [1.82, 2.24) is 25.0 Å². The van der Waals surface area contributed by atoms with Crippen molar-refractivity contribution in [1.29, 1.82) is 0 Å². The number of rotatable bonds is 10. The highest BCUT2D eigenvalue weighted by Crippen LogP contribution is 2.30. The fourth-order valence-electron chi connectivity index (χ4n) is 4.95. The summed E-state index contributed by atoms with van der Waals surface area (Å²) >= 11 is 6.04. The van der Waals surface area contributed by atoms with Crippen LogP contribution in [-0.4, -0.2) is 76.1 Å². The molecule has 0 spiro atoms. The molecule has 0 unspecified atom stereocenters. The van der Waals surface area contributed by atoms with Crippen LogP contribution in [0.25, 0.3) is 22.4 Å². The molecule has 1 saturated heterocycles. The van der Waals surface area contributed by atoms with Crippen molar-refractivity contribution in [3.05, 3.63) is 87.9 Å². The van der Waals surface area contributed by atoms with Crippen LogP contribution < -0.4 is 21.5 Å². The lowest BCUT2D eigenvalue weighted by Crippen LogP contribution is -2.41. The highest BCUT2D eigenvalue weighted by atomic mass is 35.5. The number of carbonyl (C=O) groups is 2. The third-order valence-corrected chi connectivity index (χ3v) is 7.56. The summed E-state index contributed by atoms with van der Waals surface area (Å²) < 4.78 is 6.63. The van der Waals surface area contributed by atoms with E-state index in [2.05, 4.69) is 30.9 Å². The minimum atomic E-state index is -0.772. The van der Waals surface area contributed by atoms with Gasteiger partial charge < -0.3 is 25.8 Å². The highest BCUT2D eigenvalue weighted by molar-refractivity contribution is 6.34. The van der Waals surface area contributed by atoms with Crippen molar-refractivity contribution < 1.29 is 19.4 Å². The quantitative estimate of drug-likeness (QED) is 0.205. The topological polar surface area (TPSA) is 151 Å². The number of ether oxygens (including phenoxy) is 1. The average Bonchev–Trinajstić information content (AvgIpc) is 3.04. The van der Waals surface area contributed by atoms with Gasteiger partial charge in [0.15, 0.2) is 5.75 Å². The molecule has 1 aliphatic rings. The maximum atomic E-state index is 13.0. The molecule has 0 aliphatic carbocycles. The van der Waals surface area contributed by atoms with E-state index in [1.807, 2.05) is 48.5 Å². The molecular weight excluding hydrogens is 598 g/mol. The van der Waals surface area contributed by atoms with E-state index in [0.717, 1.165) is 61.3 Å². The molecule has 4 N–H and O–H groups in total. The third-order valence-electron chi connectivity index (χ3n) is 7.28. The van der Waals surface area contributed by atoms with Gasteiger partial charge in [-0.1, -0.05) is 54.1 Å². The summed E-state index contributed by atoms with van der Waals surface area (Å²) in [7, 11) is 0. The van der Waals surface area contributed by atoms with Crippen molar-refractivity contribution >= 4 is 34.9 Å². The molecule has 1 aliphatic heterocycles. The number of amides is 3. The molecule has 3 amide bonds. The Hall–Kier alpha value is -4.78. The second-order valence-electron chi connectivity index (χ2n) is 10.4. The number of aromatic nitrogens is 3. The van der Waals surface area contributed by atoms with Gasteiger partial charge in [-0.05, 0) is 35.7 Å². The highest BCUT2D eigenvalue weighted by Gasteiger charge is 2.16. The fraction of sp³-hybridized carbons (Fsp3) is 0.281. The molecule has 2 aromatic heterocycles. The number of urea groups is 1. The van der Waals surface area contributed by atoms with E-state index in [1.54, 1.807) is 6.92 Å². The van der Waals surface area contributed by atoms with E-state index in [0.29, 0.717) is 12.2 Å². The molecule has 0 atom stereocenters. The van der Waals surface area contributed by atoms with Crippen LogP contribution in [0.1, 0.15) is 12.5 Å². The Morgan fingerprint density at radius 3 is 2.49 bits per heavy atom. The number of pyridine rings is 1. The summed E-state index contributed by atoms with van der Waals surface area (Å²) in [4.78, 5) is 44.4. The SMILES string of the molecule is CCn1nc(-c2cccc(-c3cccc(CC(=O)NCCN4CCOCC4)c3)c2)cc(NC(=O)Nc2c(O)cncc2Cl)c1=O.